The SMILES string of the molecule is C=C1C(=O)C(O)=C(O)C1=O.CC(=O)/C(O)=C(\O)C(=O)O.CC(=O)C(O)C(O)C(=O)O.CC(=O)CO.CC(O)CC(C)O.CCC#CCO.CCCCO.CCOCC(O)CC.Cc1ccc(C(=O)c2ccc(O)cc2)c(O)c1. The third-order valence-electron chi connectivity index (χ3n) is 8.24. The summed E-state index contributed by atoms with van der Waals surface area (Å²) in [6.45, 7) is 20.5. The molecule has 0 saturated heterocycles. The van der Waals surface area contributed by atoms with E-state index in [1.165, 1.54) is 31.2 Å². The van der Waals surface area contributed by atoms with Crippen molar-refractivity contribution in [3.8, 4) is 23.3 Å². The van der Waals surface area contributed by atoms with Crippen molar-refractivity contribution in [2.45, 2.75) is 132 Å². The number of aliphatic carboxylic acids is 2. The number of aromatic hydroxyl groups is 2. The summed E-state index contributed by atoms with van der Waals surface area (Å²) in [4.78, 5) is 82.8. The van der Waals surface area contributed by atoms with Crippen molar-refractivity contribution < 1.29 is 125 Å². The second-order valence-electron chi connectivity index (χ2n) is 15.6. The molecule has 25 nitrogen and oxygen atoms in total. The van der Waals surface area contributed by atoms with Crippen molar-refractivity contribution in [3.05, 3.63) is 94.3 Å². The van der Waals surface area contributed by atoms with Gasteiger partial charge in [-0.3, -0.25) is 28.8 Å². The highest BCUT2D eigenvalue weighted by Gasteiger charge is 2.34. The number of phenolic OH excluding ortho intramolecular Hbond substituents is 2. The number of ether oxygens (including phenoxy) is 1. The molecular weight excluding hydrogens is 1040 g/mol. The Hall–Kier alpha value is -7.38. The van der Waals surface area contributed by atoms with Crippen LogP contribution in [-0.4, -0.2) is 192 Å². The number of phenols is 2. The summed E-state index contributed by atoms with van der Waals surface area (Å²) in [5.41, 5.74) is 1.20. The lowest BCUT2D eigenvalue weighted by Gasteiger charge is -2.08. The molecule has 25 heteroatoms. The first-order valence-corrected chi connectivity index (χ1v) is 23.5. The monoisotopic (exact) mass is 1120 g/mol. The van der Waals surface area contributed by atoms with Crippen molar-refractivity contribution in [2.75, 3.05) is 33.0 Å². The molecule has 442 valence electrons. The molecule has 0 saturated carbocycles. The smallest absolute Gasteiger partial charge is 0.375 e. The number of aliphatic hydroxyl groups excluding tert-OH is 12. The summed E-state index contributed by atoms with van der Waals surface area (Å²) in [6, 6.07) is 10.9. The molecule has 0 aromatic heterocycles. The van der Waals surface area contributed by atoms with Gasteiger partial charge in [0.25, 0.3) is 0 Å². The largest absolute Gasteiger partial charge is 0.508 e. The zero-order valence-corrected chi connectivity index (χ0v) is 45.5. The lowest BCUT2D eigenvalue weighted by atomic mass is 10.0. The molecule has 0 heterocycles. The number of rotatable bonds is 16. The first kappa shape index (κ1) is 82.0. The van der Waals surface area contributed by atoms with Crippen LogP contribution in [0.1, 0.15) is 116 Å². The summed E-state index contributed by atoms with van der Waals surface area (Å²) in [7, 11) is 0. The van der Waals surface area contributed by atoms with E-state index in [1.807, 2.05) is 27.7 Å². The Morgan fingerprint density at radius 2 is 1.17 bits per heavy atom. The topological polar surface area (TPSA) is 469 Å². The Morgan fingerprint density at radius 1 is 0.692 bits per heavy atom. The number of hydrogen-bond donors (Lipinski definition) is 16. The van der Waals surface area contributed by atoms with Crippen LogP contribution in [0.2, 0.25) is 0 Å². The number of allylic oxidation sites excluding steroid dienone is 3. The highest BCUT2D eigenvalue weighted by molar-refractivity contribution is 6.35. The molecule has 5 unspecified atom stereocenters. The molecule has 0 spiro atoms. The molecule has 1 aliphatic carbocycles. The maximum atomic E-state index is 12.0. The fourth-order valence-electron chi connectivity index (χ4n) is 4.04. The Morgan fingerprint density at radius 3 is 1.38 bits per heavy atom. The van der Waals surface area contributed by atoms with Crippen LogP contribution in [0, 0.1) is 18.8 Å². The van der Waals surface area contributed by atoms with Gasteiger partial charge in [0.15, 0.2) is 29.2 Å². The molecule has 1 aliphatic rings. The molecule has 2 aromatic carbocycles. The predicted octanol–water partition coefficient (Wildman–Crippen LogP) is 2.70. The number of benzene rings is 2. The van der Waals surface area contributed by atoms with Gasteiger partial charge >= 0.3 is 11.9 Å². The van der Waals surface area contributed by atoms with Crippen LogP contribution in [0.15, 0.2) is 77.7 Å². The first-order valence-electron chi connectivity index (χ1n) is 23.5. The van der Waals surface area contributed by atoms with Crippen LogP contribution < -0.4 is 0 Å². The van der Waals surface area contributed by atoms with Crippen LogP contribution >= 0.6 is 0 Å². The number of aryl methyl sites for hydroxylation is 1. The second kappa shape index (κ2) is 49.2. The zero-order chi connectivity index (χ0) is 62.4. The minimum Gasteiger partial charge on any atom is -0.508 e. The number of carboxylic acids is 2. The van der Waals surface area contributed by atoms with Crippen molar-refractivity contribution >= 4 is 46.6 Å². The van der Waals surface area contributed by atoms with Crippen molar-refractivity contribution in [3.63, 3.8) is 0 Å². The third kappa shape index (κ3) is 43.8. The van der Waals surface area contributed by atoms with Gasteiger partial charge in [-0.1, -0.05) is 45.8 Å². The first-order chi connectivity index (χ1) is 36.1. The number of Topliss-reactive ketones (excluding diaryl/α,β-unsaturated/α-hetero) is 5. The van der Waals surface area contributed by atoms with Gasteiger partial charge in [0.2, 0.25) is 34.6 Å². The quantitative estimate of drug-likeness (QED) is 0.0378. The van der Waals surface area contributed by atoms with Gasteiger partial charge < -0.3 is 86.4 Å². The Labute approximate surface area is 453 Å². The summed E-state index contributed by atoms with van der Waals surface area (Å²) in [5, 5.41) is 136. The molecule has 78 heavy (non-hydrogen) atoms. The molecule has 5 atom stereocenters. The highest BCUT2D eigenvalue weighted by atomic mass is 16.5. The molecule has 0 aliphatic heterocycles. The van der Waals surface area contributed by atoms with Gasteiger partial charge in [0.05, 0.1) is 36.1 Å². The number of hydrogen-bond acceptors (Lipinski definition) is 23. The molecule has 0 bridgehead atoms. The average Bonchev–Trinajstić information content (AvgIpc) is 3.54. The van der Waals surface area contributed by atoms with Crippen molar-refractivity contribution in [1.29, 1.82) is 0 Å². The molecule has 3 rings (SSSR count). The molecular formula is C53H80O25. The Balaban J connectivity index is -0.000000193. The Kier molecular flexibility index (Phi) is 51.7. The number of ketones is 6. The molecule has 2 aromatic rings. The van der Waals surface area contributed by atoms with Crippen LogP contribution in [0.25, 0.3) is 0 Å². The standard InChI is InChI=1S/C14H12O3.C6H4O4.C6H14O2.C5H8O5.C5H6O5.C5H12O2.C5H8O.C4H10O.C3H6O2/c1-9-2-7-12(13(16)8-9)14(17)10-3-5-11(15)6-4-10;1-2-3(7)5(9)6(10)4(2)8;1-3-6(7)5-8-4-2;2*1-2(6)3(7)4(8)5(9)10;1-4(6)3-5(2)7;1-2-3-4-5-6;1-2-3-4-5;1-3(5)2-4/h2-8,15-16H,1H3;9-10H,1H2;6-7H,3-5H2,1-2H3;3-4,7-8H,1H3,(H,9,10);7-8H,1H3,(H,9,10);4-7H,3H2,1-2H3;6H,2,5H2,1H3;5H,2-4H2,1H3;4H,2H2,1H3/b;;;;4-3+;;;;. The second-order valence-corrected chi connectivity index (χ2v) is 15.6. The average molecular weight is 1120 g/mol. The normalized spacial score (nSPS) is 12.9. The van der Waals surface area contributed by atoms with E-state index in [0.29, 0.717) is 31.8 Å². The third-order valence-corrected chi connectivity index (χ3v) is 8.24. The fourth-order valence-corrected chi connectivity index (χ4v) is 4.04. The maximum absolute atomic E-state index is 12.0. The molecule has 0 radical (unpaired) electrons. The molecule has 16 N–H and O–H groups in total. The van der Waals surface area contributed by atoms with Crippen LogP contribution in [-0.2, 0) is 38.3 Å². The lowest BCUT2D eigenvalue weighted by molar-refractivity contribution is -0.156. The van der Waals surface area contributed by atoms with E-state index >= 15 is 0 Å². The van der Waals surface area contributed by atoms with Gasteiger partial charge in [0.1, 0.15) is 30.8 Å². The summed E-state index contributed by atoms with van der Waals surface area (Å²) >= 11 is 0. The number of carbonyl (C=O) groups excluding carboxylic acids is 6. The minimum atomic E-state index is -2.02. The molecule has 0 fully saturated rings. The maximum Gasteiger partial charge on any atom is 0.375 e. The van der Waals surface area contributed by atoms with Crippen LogP contribution in [0.4, 0.5) is 0 Å². The van der Waals surface area contributed by atoms with E-state index in [4.69, 9.17) is 81.3 Å². The summed E-state index contributed by atoms with van der Waals surface area (Å²) in [6.07, 6.45) is -0.734. The number of carbonyl (C=O) groups is 8. The van der Waals surface area contributed by atoms with E-state index in [-0.39, 0.29) is 60.2 Å². The lowest BCUT2D eigenvalue weighted by Crippen LogP contribution is -2.38. The van der Waals surface area contributed by atoms with Gasteiger partial charge in [-0.15, -0.1) is 5.92 Å². The van der Waals surface area contributed by atoms with Gasteiger partial charge in [-0.2, -0.15) is 0 Å². The predicted molar refractivity (Wildman–Crippen MR) is 282 cm³/mol. The van der Waals surface area contributed by atoms with E-state index in [2.05, 4.69) is 25.3 Å². The minimum absolute atomic E-state index is 0.00611. The van der Waals surface area contributed by atoms with Gasteiger partial charge in [-0.25, -0.2) is 9.59 Å². The van der Waals surface area contributed by atoms with Gasteiger partial charge in [-0.05, 0) is 103 Å². The van der Waals surface area contributed by atoms with Crippen molar-refractivity contribution in [1.82, 2.24) is 0 Å². The van der Waals surface area contributed by atoms with E-state index in [0.717, 1.165) is 45.1 Å². The van der Waals surface area contributed by atoms with Gasteiger partial charge in [0, 0.05) is 32.1 Å². The fraction of sp³-hybridized carbons (Fsp3) is 0.472. The zero-order valence-electron chi connectivity index (χ0n) is 45.5. The summed E-state index contributed by atoms with van der Waals surface area (Å²) < 4.78 is 4.94. The van der Waals surface area contributed by atoms with E-state index in [9.17, 15) is 43.5 Å². The van der Waals surface area contributed by atoms with Crippen LogP contribution in [0.5, 0.6) is 11.5 Å². The number of carboxylic acid groups (broad SMARTS) is 2. The number of unbranched alkanes of at least 4 members (excludes halogenated alkanes) is 1. The Bertz CT molecular complexity index is 2160. The number of aliphatic hydroxyl groups is 12. The van der Waals surface area contributed by atoms with Crippen molar-refractivity contribution in [2.24, 2.45) is 0 Å². The van der Waals surface area contributed by atoms with Crippen LogP contribution in [0.3, 0.4) is 0 Å². The highest BCUT2D eigenvalue weighted by Crippen LogP contribution is 2.23. The van der Waals surface area contributed by atoms with E-state index in [1.54, 1.807) is 32.0 Å². The summed E-state index contributed by atoms with van der Waals surface area (Å²) in [5.74, 6) is -6.24. The molecule has 0 amide bonds. The van der Waals surface area contributed by atoms with E-state index < -0.39 is 75.9 Å².